The molecule has 1 aromatic carbocycles. The fourth-order valence-electron chi connectivity index (χ4n) is 4.63. The zero-order valence-electron chi connectivity index (χ0n) is 14.9. The van der Waals surface area contributed by atoms with Crippen LogP contribution in [0.15, 0.2) is 41.7 Å². The number of hydrogen-bond acceptors (Lipinski definition) is 6. The number of nitrogens with zero attached hydrogens (tertiary/aromatic N) is 2. The van der Waals surface area contributed by atoms with Crippen molar-refractivity contribution in [1.29, 1.82) is 0 Å². The molecule has 0 saturated carbocycles. The van der Waals surface area contributed by atoms with Gasteiger partial charge in [-0.3, -0.25) is 4.98 Å². The first-order valence-electron chi connectivity index (χ1n) is 9.01. The molecule has 140 valence electrons. The molecule has 2 N–H and O–H groups in total. The lowest BCUT2D eigenvalue weighted by atomic mass is 9.66. The normalized spacial score (nSPS) is 31.5. The predicted molar refractivity (Wildman–Crippen MR) is 102 cm³/mol. The van der Waals surface area contributed by atoms with E-state index < -0.39 is 11.1 Å². The minimum absolute atomic E-state index is 0.111. The van der Waals surface area contributed by atoms with E-state index in [0.29, 0.717) is 24.8 Å². The van der Waals surface area contributed by atoms with Gasteiger partial charge in [-0.05, 0) is 37.1 Å². The second-order valence-electron chi connectivity index (χ2n) is 7.57. The Hall–Kier alpha value is -2.31. The molecule has 3 aliphatic rings. The number of benzene rings is 1. The molecule has 0 unspecified atom stereocenters. The summed E-state index contributed by atoms with van der Waals surface area (Å²) in [5, 5.41) is 0.597. The molecule has 5 rings (SSSR count). The van der Waals surface area contributed by atoms with Gasteiger partial charge < -0.3 is 19.9 Å². The minimum atomic E-state index is -0.571. The van der Waals surface area contributed by atoms with Gasteiger partial charge >= 0.3 is 0 Å². The first kappa shape index (κ1) is 16.8. The second-order valence-corrected chi connectivity index (χ2v) is 8.01. The van der Waals surface area contributed by atoms with Gasteiger partial charge in [-0.2, -0.15) is 0 Å². The van der Waals surface area contributed by atoms with E-state index in [9.17, 15) is 0 Å². The molecule has 1 saturated heterocycles. The van der Waals surface area contributed by atoms with Crippen molar-refractivity contribution in [2.75, 3.05) is 19.8 Å². The van der Waals surface area contributed by atoms with Gasteiger partial charge in [0.15, 0.2) is 0 Å². The highest BCUT2D eigenvalue weighted by atomic mass is 35.5. The lowest BCUT2D eigenvalue weighted by Crippen LogP contribution is -2.60. The molecule has 1 spiro atoms. The summed E-state index contributed by atoms with van der Waals surface area (Å²) < 4.78 is 17.8. The third-order valence-corrected chi connectivity index (χ3v) is 6.04. The van der Waals surface area contributed by atoms with Crippen molar-refractivity contribution in [2.45, 2.75) is 24.5 Å². The fourth-order valence-corrected chi connectivity index (χ4v) is 4.81. The second kappa shape index (κ2) is 5.84. The molecule has 1 fully saturated rings. The van der Waals surface area contributed by atoms with E-state index in [1.807, 2.05) is 18.2 Å². The molecule has 3 atom stereocenters. The Morgan fingerprint density at radius 3 is 2.85 bits per heavy atom. The maximum atomic E-state index is 6.43. The summed E-state index contributed by atoms with van der Waals surface area (Å²) in [5.41, 5.74) is 7.85. The van der Waals surface area contributed by atoms with Crippen molar-refractivity contribution in [3.05, 3.63) is 47.2 Å². The zero-order valence-corrected chi connectivity index (χ0v) is 15.7. The Balaban J connectivity index is 1.70. The predicted octanol–water partition coefficient (Wildman–Crippen LogP) is 3.13. The lowest BCUT2D eigenvalue weighted by molar-refractivity contribution is -0.135. The smallest absolute Gasteiger partial charge is 0.283 e. The van der Waals surface area contributed by atoms with Crippen LogP contribution < -0.4 is 10.5 Å². The average Bonchev–Trinajstić information content (AvgIpc) is 3.04. The number of aliphatic imine (C=N–C) groups is 1. The third-order valence-electron chi connectivity index (χ3n) is 5.83. The molecule has 0 bridgehead atoms. The maximum Gasteiger partial charge on any atom is 0.283 e. The molecule has 3 aliphatic heterocycles. The van der Waals surface area contributed by atoms with Gasteiger partial charge in [0.05, 0.1) is 11.6 Å². The Bertz CT molecular complexity index is 950. The molecule has 4 heterocycles. The van der Waals surface area contributed by atoms with Crippen molar-refractivity contribution in [3.63, 3.8) is 0 Å². The van der Waals surface area contributed by atoms with E-state index in [0.717, 1.165) is 28.9 Å². The Morgan fingerprint density at radius 2 is 2.07 bits per heavy atom. The molecule has 27 heavy (non-hydrogen) atoms. The van der Waals surface area contributed by atoms with Crippen LogP contribution in [0.2, 0.25) is 5.02 Å². The Labute approximate surface area is 162 Å². The number of ether oxygens (including phenoxy) is 3. The molecule has 0 amide bonds. The van der Waals surface area contributed by atoms with Gasteiger partial charge in [-0.1, -0.05) is 17.7 Å². The summed E-state index contributed by atoms with van der Waals surface area (Å²) in [7, 11) is 0. The van der Waals surface area contributed by atoms with Crippen LogP contribution in [0.4, 0.5) is 0 Å². The molecule has 1 aromatic heterocycles. The lowest BCUT2D eigenvalue weighted by Gasteiger charge is -2.52. The SMILES string of the molecule is C[C@]12COCC[C@@H]1[C@@]1(COC(N)=N1)c1cc(-c3cncc(Cl)c3)ccc1O2. The number of amidine groups is 1. The van der Waals surface area contributed by atoms with Crippen LogP contribution in [0.3, 0.4) is 0 Å². The molecule has 2 aromatic rings. The van der Waals surface area contributed by atoms with Crippen molar-refractivity contribution in [2.24, 2.45) is 16.6 Å². The third kappa shape index (κ3) is 2.51. The maximum absolute atomic E-state index is 6.43. The van der Waals surface area contributed by atoms with Crippen molar-refractivity contribution in [1.82, 2.24) is 4.98 Å². The summed E-state index contributed by atoms with van der Waals surface area (Å²) in [6, 6.07) is 8.22. The van der Waals surface area contributed by atoms with E-state index in [1.54, 1.807) is 12.4 Å². The molecular weight excluding hydrogens is 366 g/mol. The Kier molecular flexibility index (Phi) is 3.64. The topological polar surface area (TPSA) is 79.0 Å². The molecule has 6 nitrogen and oxygen atoms in total. The first-order chi connectivity index (χ1) is 13.0. The number of rotatable bonds is 1. The van der Waals surface area contributed by atoms with E-state index in [2.05, 4.69) is 18.0 Å². The van der Waals surface area contributed by atoms with Crippen LogP contribution in [-0.4, -0.2) is 36.4 Å². The fraction of sp³-hybridized carbons (Fsp3) is 0.400. The van der Waals surface area contributed by atoms with Crippen LogP contribution in [0, 0.1) is 5.92 Å². The highest BCUT2D eigenvalue weighted by molar-refractivity contribution is 6.30. The van der Waals surface area contributed by atoms with Gasteiger partial charge in [0.25, 0.3) is 6.02 Å². The molecular formula is C20H20ClN3O3. The largest absolute Gasteiger partial charge is 0.484 e. The van der Waals surface area contributed by atoms with Crippen LogP contribution in [0.1, 0.15) is 18.9 Å². The van der Waals surface area contributed by atoms with E-state index in [1.165, 1.54) is 0 Å². The summed E-state index contributed by atoms with van der Waals surface area (Å²) in [6.45, 7) is 3.69. The number of pyridine rings is 1. The highest BCUT2D eigenvalue weighted by Gasteiger charge is 2.59. The monoisotopic (exact) mass is 385 g/mol. The van der Waals surface area contributed by atoms with Crippen molar-refractivity contribution >= 4 is 17.6 Å². The average molecular weight is 386 g/mol. The number of aromatic nitrogens is 1. The molecule has 0 radical (unpaired) electrons. The van der Waals surface area contributed by atoms with Gasteiger partial charge in [0, 0.05) is 36.0 Å². The quantitative estimate of drug-likeness (QED) is 0.815. The standard InChI is InChI=1S/C20H20ClN3O3/c1-19-10-25-5-4-17(19)20(11-26-18(22)24-20)15-7-12(2-3-16(15)27-19)13-6-14(21)9-23-8-13/h2-3,6-9,17H,4-5,10-11H2,1H3,(H2,22,24)/t17-,19-,20+/m0/s1. The Morgan fingerprint density at radius 1 is 1.19 bits per heavy atom. The van der Waals surface area contributed by atoms with E-state index in [-0.39, 0.29) is 11.9 Å². The van der Waals surface area contributed by atoms with Crippen molar-refractivity contribution < 1.29 is 14.2 Å². The number of halogens is 1. The number of fused-ring (bicyclic) bond motifs is 4. The summed E-state index contributed by atoms with van der Waals surface area (Å²) >= 11 is 6.13. The van der Waals surface area contributed by atoms with Gasteiger partial charge in [-0.25, -0.2) is 4.99 Å². The van der Waals surface area contributed by atoms with E-state index in [4.69, 9.17) is 36.5 Å². The van der Waals surface area contributed by atoms with Gasteiger partial charge in [0.1, 0.15) is 23.5 Å². The summed E-state index contributed by atoms with van der Waals surface area (Å²) in [4.78, 5) is 9.00. The molecule has 7 heteroatoms. The minimum Gasteiger partial charge on any atom is -0.484 e. The van der Waals surface area contributed by atoms with Crippen LogP contribution in [0.25, 0.3) is 11.1 Å². The zero-order chi connectivity index (χ0) is 18.6. The van der Waals surface area contributed by atoms with Gasteiger partial charge in [0.2, 0.25) is 0 Å². The van der Waals surface area contributed by atoms with Gasteiger partial charge in [-0.15, -0.1) is 0 Å². The van der Waals surface area contributed by atoms with Crippen LogP contribution in [-0.2, 0) is 15.0 Å². The molecule has 0 aliphatic carbocycles. The summed E-state index contributed by atoms with van der Waals surface area (Å²) in [6.07, 6.45) is 4.25. The first-order valence-corrected chi connectivity index (χ1v) is 9.38. The van der Waals surface area contributed by atoms with Crippen LogP contribution >= 0.6 is 11.6 Å². The van der Waals surface area contributed by atoms with Crippen molar-refractivity contribution in [3.8, 4) is 16.9 Å². The van der Waals surface area contributed by atoms with Crippen LogP contribution in [0.5, 0.6) is 5.75 Å². The van der Waals surface area contributed by atoms with E-state index >= 15 is 0 Å². The highest BCUT2D eigenvalue weighted by Crippen LogP contribution is 2.54. The summed E-state index contributed by atoms with van der Waals surface area (Å²) in [5.74, 6) is 0.903. The number of hydrogen-bond donors (Lipinski definition) is 1. The number of nitrogens with two attached hydrogens (primary N) is 1.